The number of hydrogen-bond donors (Lipinski definition) is 1. The summed E-state index contributed by atoms with van der Waals surface area (Å²) in [4.78, 5) is 0. The molecule has 0 amide bonds. The predicted octanol–water partition coefficient (Wildman–Crippen LogP) is 2.67. The van der Waals surface area contributed by atoms with Gasteiger partial charge in [-0.3, -0.25) is 0 Å². The van der Waals surface area contributed by atoms with E-state index in [0.29, 0.717) is 6.61 Å². The fourth-order valence-electron chi connectivity index (χ4n) is 2.01. The molecule has 0 aliphatic carbocycles. The Bertz CT molecular complexity index is 342. The van der Waals surface area contributed by atoms with Gasteiger partial charge in [0, 0.05) is 18.6 Å². The first-order valence-corrected chi connectivity index (χ1v) is 5.58. The normalized spacial score (nSPS) is 16.8. The second-order valence-corrected chi connectivity index (χ2v) is 4.26. The van der Waals surface area contributed by atoms with Crippen LogP contribution in [0.4, 0.5) is 4.39 Å². The van der Waals surface area contributed by atoms with Crippen molar-refractivity contribution in [3.63, 3.8) is 0 Å². The number of halogens is 1. The maximum atomic E-state index is 13.2. The van der Waals surface area contributed by atoms with Crippen molar-refractivity contribution in [1.82, 2.24) is 0 Å². The summed E-state index contributed by atoms with van der Waals surface area (Å²) in [7, 11) is 1.65. The first kappa shape index (κ1) is 13.1. The van der Waals surface area contributed by atoms with Gasteiger partial charge in [-0.25, -0.2) is 4.39 Å². The Hall–Kier alpha value is -0.930. The zero-order valence-electron chi connectivity index (χ0n) is 10.2. The van der Waals surface area contributed by atoms with Gasteiger partial charge in [-0.1, -0.05) is 26.0 Å². The highest BCUT2D eigenvalue weighted by atomic mass is 19.1. The lowest BCUT2D eigenvalue weighted by Crippen LogP contribution is -2.44. The third kappa shape index (κ3) is 2.60. The fourth-order valence-corrected chi connectivity index (χ4v) is 2.01. The summed E-state index contributed by atoms with van der Waals surface area (Å²) in [6.45, 7) is 4.61. The van der Waals surface area contributed by atoms with Crippen LogP contribution in [0.2, 0.25) is 0 Å². The van der Waals surface area contributed by atoms with Gasteiger partial charge < -0.3 is 10.5 Å². The van der Waals surface area contributed by atoms with Crippen LogP contribution >= 0.6 is 0 Å². The monoisotopic (exact) mass is 225 g/mol. The molecule has 0 saturated heterocycles. The van der Waals surface area contributed by atoms with Crippen molar-refractivity contribution in [2.24, 2.45) is 11.7 Å². The van der Waals surface area contributed by atoms with E-state index < -0.39 is 5.54 Å². The standard InChI is InChI=1S/C13H20FNO/c1-4-13(15,10(2)9-16-3)11-6-5-7-12(14)8-11/h5-8,10H,4,9,15H2,1-3H3. The van der Waals surface area contributed by atoms with Crippen LogP contribution in [-0.2, 0) is 10.3 Å². The molecular formula is C13H20FNO. The van der Waals surface area contributed by atoms with Crippen LogP contribution in [0.5, 0.6) is 0 Å². The molecule has 1 aromatic rings. The molecule has 0 bridgehead atoms. The lowest BCUT2D eigenvalue weighted by Gasteiger charge is -2.35. The molecule has 3 heteroatoms. The summed E-state index contributed by atoms with van der Waals surface area (Å²) < 4.78 is 18.3. The Morgan fingerprint density at radius 3 is 2.69 bits per heavy atom. The quantitative estimate of drug-likeness (QED) is 0.836. The van der Waals surface area contributed by atoms with Crippen molar-refractivity contribution in [3.8, 4) is 0 Å². The van der Waals surface area contributed by atoms with E-state index in [0.717, 1.165) is 12.0 Å². The molecule has 2 atom stereocenters. The molecule has 0 aliphatic heterocycles. The molecule has 0 radical (unpaired) electrons. The van der Waals surface area contributed by atoms with Crippen molar-refractivity contribution >= 4 is 0 Å². The fraction of sp³-hybridized carbons (Fsp3) is 0.538. The molecule has 1 aromatic carbocycles. The molecule has 2 nitrogen and oxygen atoms in total. The number of benzene rings is 1. The zero-order chi connectivity index (χ0) is 12.2. The highest BCUT2D eigenvalue weighted by Crippen LogP contribution is 2.30. The highest BCUT2D eigenvalue weighted by Gasteiger charge is 2.32. The number of hydrogen-bond acceptors (Lipinski definition) is 2. The Morgan fingerprint density at radius 2 is 2.19 bits per heavy atom. The summed E-state index contributed by atoms with van der Waals surface area (Å²) in [5.41, 5.74) is 6.67. The SMILES string of the molecule is CCC(N)(c1cccc(F)c1)C(C)COC. The predicted molar refractivity (Wildman–Crippen MR) is 63.6 cm³/mol. The second-order valence-electron chi connectivity index (χ2n) is 4.26. The highest BCUT2D eigenvalue weighted by molar-refractivity contribution is 5.25. The van der Waals surface area contributed by atoms with Crippen LogP contribution in [0.25, 0.3) is 0 Å². The second kappa shape index (κ2) is 5.41. The molecule has 0 saturated carbocycles. The van der Waals surface area contributed by atoms with Crippen LogP contribution in [0, 0.1) is 11.7 Å². The maximum absolute atomic E-state index is 13.2. The van der Waals surface area contributed by atoms with Crippen molar-refractivity contribution in [2.75, 3.05) is 13.7 Å². The van der Waals surface area contributed by atoms with Crippen molar-refractivity contribution < 1.29 is 9.13 Å². The van der Waals surface area contributed by atoms with E-state index in [4.69, 9.17) is 10.5 Å². The lowest BCUT2D eigenvalue weighted by molar-refractivity contribution is 0.112. The minimum atomic E-state index is -0.530. The number of nitrogens with two attached hydrogens (primary N) is 1. The van der Waals surface area contributed by atoms with E-state index >= 15 is 0 Å². The van der Waals surface area contributed by atoms with E-state index in [1.54, 1.807) is 13.2 Å². The Morgan fingerprint density at radius 1 is 1.50 bits per heavy atom. The number of ether oxygens (including phenoxy) is 1. The summed E-state index contributed by atoms with van der Waals surface area (Å²) >= 11 is 0. The van der Waals surface area contributed by atoms with Gasteiger partial charge in [-0.05, 0) is 24.1 Å². The molecule has 0 heterocycles. The van der Waals surface area contributed by atoms with Gasteiger partial charge in [0.1, 0.15) is 5.82 Å². The first-order valence-electron chi connectivity index (χ1n) is 5.58. The molecule has 0 spiro atoms. The Labute approximate surface area is 96.6 Å². The third-order valence-electron chi connectivity index (χ3n) is 3.24. The third-order valence-corrected chi connectivity index (χ3v) is 3.24. The summed E-state index contributed by atoms with van der Waals surface area (Å²) in [5, 5.41) is 0. The molecule has 90 valence electrons. The molecule has 16 heavy (non-hydrogen) atoms. The minimum Gasteiger partial charge on any atom is -0.384 e. The summed E-state index contributed by atoms with van der Waals surface area (Å²) in [6, 6.07) is 6.51. The topological polar surface area (TPSA) is 35.2 Å². The van der Waals surface area contributed by atoms with Gasteiger partial charge in [0.15, 0.2) is 0 Å². The van der Waals surface area contributed by atoms with E-state index in [1.165, 1.54) is 12.1 Å². The van der Waals surface area contributed by atoms with Crippen LogP contribution in [0.3, 0.4) is 0 Å². The van der Waals surface area contributed by atoms with Gasteiger partial charge in [0.05, 0.1) is 6.61 Å². The minimum absolute atomic E-state index is 0.143. The van der Waals surface area contributed by atoms with E-state index in [9.17, 15) is 4.39 Å². The van der Waals surface area contributed by atoms with Crippen LogP contribution in [0.15, 0.2) is 24.3 Å². The lowest BCUT2D eigenvalue weighted by atomic mass is 9.78. The molecule has 0 fully saturated rings. The average molecular weight is 225 g/mol. The molecular weight excluding hydrogens is 205 g/mol. The molecule has 2 N–H and O–H groups in total. The van der Waals surface area contributed by atoms with Crippen LogP contribution < -0.4 is 5.73 Å². The summed E-state index contributed by atoms with van der Waals surface area (Å²) in [6.07, 6.45) is 0.751. The number of rotatable bonds is 5. The largest absolute Gasteiger partial charge is 0.384 e. The summed E-state index contributed by atoms with van der Waals surface area (Å²) in [5.74, 6) is -0.102. The van der Waals surface area contributed by atoms with E-state index in [2.05, 4.69) is 0 Å². The Balaban J connectivity index is 3.04. The van der Waals surface area contributed by atoms with Crippen molar-refractivity contribution in [2.45, 2.75) is 25.8 Å². The number of methoxy groups -OCH3 is 1. The van der Waals surface area contributed by atoms with Gasteiger partial charge in [-0.15, -0.1) is 0 Å². The van der Waals surface area contributed by atoms with Gasteiger partial charge >= 0.3 is 0 Å². The Kier molecular flexibility index (Phi) is 4.44. The smallest absolute Gasteiger partial charge is 0.123 e. The molecule has 2 unspecified atom stereocenters. The average Bonchev–Trinajstić information content (AvgIpc) is 2.28. The van der Waals surface area contributed by atoms with Crippen molar-refractivity contribution in [1.29, 1.82) is 0 Å². The van der Waals surface area contributed by atoms with Crippen LogP contribution in [-0.4, -0.2) is 13.7 Å². The molecule has 0 aromatic heterocycles. The molecule has 0 aliphatic rings. The van der Waals surface area contributed by atoms with Gasteiger partial charge in [0.25, 0.3) is 0 Å². The first-order chi connectivity index (χ1) is 7.54. The van der Waals surface area contributed by atoms with Gasteiger partial charge in [0.2, 0.25) is 0 Å². The maximum Gasteiger partial charge on any atom is 0.123 e. The van der Waals surface area contributed by atoms with Crippen molar-refractivity contribution in [3.05, 3.63) is 35.6 Å². The van der Waals surface area contributed by atoms with E-state index in [1.807, 2.05) is 19.9 Å². The van der Waals surface area contributed by atoms with Gasteiger partial charge in [-0.2, -0.15) is 0 Å². The van der Waals surface area contributed by atoms with Crippen LogP contribution in [0.1, 0.15) is 25.8 Å². The zero-order valence-corrected chi connectivity index (χ0v) is 10.2. The van der Waals surface area contributed by atoms with E-state index in [-0.39, 0.29) is 11.7 Å². The molecule has 1 rings (SSSR count).